The van der Waals surface area contributed by atoms with E-state index >= 15 is 0 Å². The van der Waals surface area contributed by atoms with Gasteiger partial charge in [-0.05, 0) is 31.2 Å². The minimum absolute atomic E-state index is 0.0781. The largest absolute Gasteiger partial charge is 0.455 e. The Morgan fingerprint density at radius 1 is 1.07 bits per heavy atom. The molecule has 0 saturated carbocycles. The maximum atomic E-state index is 14.7. The van der Waals surface area contributed by atoms with Crippen LogP contribution in [0.5, 0.6) is 0 Å². The molecule has 10 heteroatoms. The van der Waals surface area contributed by atoms with Crippen LogP contribution in [-0.2, 0) is 28.7 Å². The number of fused-ring (bicyclic) bond motifs is 2. The summed E-state index contributed by atoms with van der Waals surface area (Å²) in [5.41, 5.74) is -0.728. The summed E-state index contributed by atoms with van der Waals surface area (Å²) in [4.78, 5) is 59.5. The van der Waals surface area contributed by atoms with Crippen LogP contribution in [0.25, 0.3) is 0 Å². The van der Waals surface area contributed by atoms with E-state index in [4.69, 9.17) is 9.47 Å². The first kappa shape index (κ1) is 32.9. The first-order valence-electron chi connectivity index (χ1n) is 16.5. The van der Waals surface area contributed by atoms with Crippen LogP contribution in [0.3, 0.4) is 0 Å². The Morgan fingerprint density at radius 3 is 2.51 bits per heavy atom. The average molecular weight is 622 g/mol. The molecule has 0 aliphatic carbocycles. The van der Waals surface area contributed by atoms with Gasteiger partial charge in [-0.3, -0.25) is 19.2 Å². The minimum Gasteiger partial charge on any atom is -0.455 e. The molecule has 2 saturated heterocycles. The van der Waals surface area contributed by atoms with E-state index in [1.54, 1.807) is 17.1 Å². The van der Waals surface area contributed by atoms with Crippen molar-refractivity contribution in [3.05, 3.63) is 60.2 Å². The maximum absolute atomic E-state index is 14.7. The molecular formula is C35H47N3O7. The van der Waals surface area contributed by atoms with E-state index < -0.39 is 53.6 Å². The van der Waals surface area contributed by atoms with E-state index in [1.165, 1.54) is 4.90 Å². The van der Waals surface area contributed by atoms with Gasteiger partial charge in [0.05, 0.1) is 31.2 Å². The van der Waals surface area contributed by atoms with Gasteiger partial charge in [0.2, 0.25) is 17.7 Å². The van der Waals surface area contributed by atoms with E-state index in [9.17, 15) is 24.3 Å². The number of amides is 3. The summed E-state index contributed by atoms with van der Waals surface area (Å²) in [7, 11) is 0. The molecule has 5 rings (SSSR count). The van der Waals surface area contributed by atoms with Gasteiger partial charge in [-0.15, -0.1) is 0 Å². The first-order valence-corrected chi connectivity index (χ1v) is 16.5. The molecule has 4 aliphatic heterocycles. The van der Waals surface area contributed by atoms with Gasteiger partial charge < -0.3 is 29.7 Å². The number of cyclic esters (lactones) is 1. The third-order valence-corrected chi connectivity index (χ3v) is 10.1. The van der Waals surface area contributed by atoms with Crippen molar-refractivity contribution >= 4 is 23.7 Å². The van der Waals surface area contributed by atoms with Crippen molar-refractivity contribution in [2.75, 3.05) is 19.7 Å². The van der Waals surface area contributed by atoms with Crippen LogP contribution in [0, 0.1) is 17.8 Å². The van der Waals surface area contributed by atoms with Crippen LogP contribution >= 0.6 is 0 Å². The predicted octanol–water partition coefficient (Wildman–Crippen LogP) is 3.31. The normalized spacial score (nSPS) is 33.0. The number of hydrogen-bond acceptors (Lipinski definition) is 7. The number of hydrogen-bond donors (Lipinski definition) is 2. The summed E-state index contributed by atoms with van der Waals surface area (Å²) >= 11 is 0. The Morgan fingerprint density at radius 2 is 1.82 bits per heavy atom. The van der Waals surface area contributed by atoms with E-state index in [0.29, 0.717) is 24.9 Å². The van der Waals surface area contributed by atoms with Gasteiger partial charge in [-0.1, -0.05) is 88.2 Å². The van der Waals surface area contributed by atoms with E-state index in [1.807, 2.05) is 63.3 Å². The average Bonchev–Trinajstić information content (AvgIpc) is 3.42. The van der Waals surface area contributed by atoms with Crippen molar-refractivity contribution in [3.8, 4) is 0 Å². The quantitative estimate of drug-likeness (QED) is 0.337. The number of esters is 1. The molecule has 1 spiro atoms. The molecular weight excluding hydrogens is 574 g/mol. The Balaban J connectivity index is 1.62. The Kier molecular flexibility index (Phi) is 10.1. The molecule has 0 radical (unpaired) electrons. The lowest BCUT2D eigenvalue weighted by atomic mass is 9.77. The van der Waals surface area contributed by atoms with Gasteiger partial charge in [-0.25, -0.2) is 0 Å². The third kappa shape index (κ3) is 6.06. The van der Waals surface area contributed by atoms with Crippen molar-refractivity contribution in [1.82, 2.24) is 15.1 Å². The lowest BCUT2D eigenvalue weighted by molar-refractivity contribution is -0.161. The second kappa shape index (κ2) is 13.9. The summed E-state index contributed by atoms with van der Waals surface area (Å²) in [5.74, 6) is -3.63. The highest BCUT2D eigenvalue weighted by Gasteiger charge is 2.72. The van der Waals surface area contributed by atoms with Crippen molar-refractivity contribution in [3.63, 3.8) is 0 Å². The molecule has 1 aromatic carbocycles. The van der Waals surface area contributed by atoms with Gasteiger partial charge in [0.1, 0.15) is 23.7 Å². The SMILES string of the molecule is CCCC(C)N1CC=C[C@]23O[C@@H]4/C=C\CCC(=O)NC[C@@H](c5ccccc5)OC(=O)[C@@H]4[C@H]2C(=O)N([C@@H](CO)[C@@H](C)CC)[C@@H]3C1=O. The van der Waals surface area contributed by atoms with Crippen LogP contribution in [0.4, 0.5) is 0 Å². The van der Waals surface area contributed by atoms with Crippen LogP contribution < -0.4 is 5.32 Å². The highest BCUT2D eigenvalue weighted by molar-refractivity contribution is 5.99. The smallest absolute Gasteiger partial charge is 0.313 e. The van der Waals surface area contributed by atoms with Gasteiger partial charge in [0.25, 0.3) is 0 Å². The molecule has 4 aliphatic rings. The molecule has 2 N–H and O–H groups in total. The summed E-state index contributed by atoms with van der Waals surface area (Å²) in [6.45, 7) is 8.12. The fraction of sp³-hybridized carbons (Fsp3) is 0.600. The van der Waals surface area contributed by atoms with Crippen molar-refractivity contribution in [2.45, 2.75) is 95.7 Å². The van der Waals surface area contributed by atoms with E-state index in [-0.39, 0.29) is 43.3 Å². The fourth-order valence-corrected chi connectivity index (χ4v) is 7.51. The number of aliphatic hydroxyl groups excluding tert-OH is 1. The summed E-state index contributed by atoms with van der Waals surface area (Å²) in [5, 5.41) is 13.5. The molecule has 1 aromatic rings. The summed E-state index contributed by atoms with van der Waals surface area (Å²) < 4.78 is 12.9. The van der Waals surface area contributed by atoms with Crippen molar-refractivity contribution in [2.24, 2.45) is 17.8 Å². The zero-order valence-electron chi connectivity index (χ0n) is 26.8. The number of rotatable bonds is 8. The van der Waals surface area contributed by atoms with E-state index in [2.05, 4.69) is 12.2 Å². The van der Waals surface area contributed by atoms with Gasteiger partial charge >= 0.3 is 5.97 Å². The standard InChI is InChI=1S/C35H47N3O7/c1-5-13-23(4)37-19-12-18-35-30(32(41)38(31(35)33(37)42)25(21-39)22(3)6-2)29-26(45-35)16-10-11-17-28(40)36-20-27(44-34(29)43)24-14-8-7-9-15-24/h7-10,12,14-16,18,22-23,25-27,29-31,39H,5-6,11,13,17,19-21H2,1-4H3,(H,36,40)/b16-10-/t22-,23?,25-,26+,27-,29-,30-,31+,35-/m0/s1. The van der Waals surface area contributed by atoms with Crippen LogP contribution in [-0.4, -0.2) is 88.1 Å². The van der Waals surface area contributed by atoms with Crippen molar-refractivity contribution < 1.29 is 33.8 Å². The molecule has 2 fully saturated rings. The molecule has 1 unspecified atom stereocenters. The number of aliphatic hydroxyl groups is 1. The molecule has 244 valence electrons. The highest BCUT2D eigenvalue weighted by Crippen LogP contribution is 2.54. The number of benzene rings is 1. The number of carbonyl (C=O) groups is 4. The third-order valence-electron chi connectivity index (χ3n) is 10.1. The number of nitrogens with zero attached hydrogens (tertiary/aromatic N) is 2. The van der Waals surface area contributed by atoms with Gasteiger partial charge in [0.15, 0.2) is 0 Å². The van der Waals surface area contributed by atoms with Gasteiger partial charge in [0, 0.05) is 19.0 Å². The molecule has 10 nitrogen and oxygen atoms in total. The lowest BCUT2D eigenvalue weighted by Crippen LogP contribution is -2.60. The number of allylic oxidation sites excluding steroid dienone is 1. The monoisotopic (exact) mass is 621 g/mol. The van der Waals surface area contributed by atoms with Gasteiger partial charge in [-0.2, -0.15) is 0 Å². The van der Waals surface area contributed by atoms with Crippen LogP contribution in [0.2, 0.25) is 0 Å². The summed E-state index contributed by atoms with van der Waals surface area (Å²) in [6.07, 6.45) is 8.60. The Hall–Kier alpha value is -3.50. The number of ether oxygens (including phenoxy) is 2. The first-order chi connectivity index (χ1) is 21.7. The number of carbonyl (C=O) groups excluding carboxylic acids is 4. The fourth-order valence-electron chi connectivity index (χ4n) is 7.51. The molecule has 4 heterocycles. The number of nitrogens with one attached hydrogen (secondary N) is 1. The highest BCUT2D eigenvalue weighted by atomic mass is 16.6. The second-order valence-electron chi connectivity index (χ2n) is 12.9. The number of likely N-dealkylation sites (tertiary alicyclic amines) is 1. The second-order valence-corrected chi connectivity index (χ2v) is 12.9. The molecule has 0 aromatic heterocycles. The Bertz CT molecular complexity index is 1320. The summed E-state index contributed by atoms with van der Waals surface area (Å²) in [6, 6.07) is 7.41. The van der Waals surface area contributed by atoms with Crippen LogP contribution in [0.1, 0.15) is 71.5 Å². The predicted molar refractivity (Wildman–Crippen MR) is 167 cm³/mol. The van der Waals surface area contributed by atoms with E-state index in [0.717, 1.165) is 12.8 Å². The van der Waals surface area contributed by atoms with Crippen LogP contribution in [0.15, 0.2) is 54.6 Å². The molecule has 3 amide bonds. The molecule has 0 bridgehead atoms. The maximum Gasteiger partial charge on any atom is 0.313 e. The molecule has 45 heavy (non-hydrogen) atoms. The van der Waals surface area contributed by atoms with Crippen molar-refractivity contribution in [1.29, 1.82) is 0 Å². The topological polar surface area (TPSA) is 125 Å². The lowest BCUT2D eigenvalue weighted by Gasteiger charge is -2.41. The zero-order valence-corrected chi connectivity index (χ0v) is 26.8. The molecule has 9 atom stereocenters. The zero-order chi connectivity index (χ0) is 32.3. The minimum atomic E-state index is -1.44. The Labute approximate surface area is 265 Å².